The van der Waals surface area contributed by atoms with Gasteiger partial charge in [-0.15, -0.1) is 11.3 Å². The summed E-state index contributed by atoms with van der Waals surface area (Å²) in [5.74, 6) is -1.26. The Bertz CT molecular complexity index is 1270. The molecular weight excluding hydrogens is 640 g/mol. The number of ether oxygens (including phenoxy) is 5. The summed E-state index contributed by atoms with van der Waals surface area (Å²) < 4.78 is 26.9. The van der Waals surface area contributed by atoms with Crippen LogP contribution in [-0.4, -0.2) is 124 Å². The van der Waals surface area contributed by atoms with Crippen molar-refractivity contribution in [2.45, 2.75) is 65.8 Å². The molecule has 1 aliphatic rings. The lowest BCUT2D eigenvalue weighted by molar-refractivity contribution is -0.144. The van der Waals surface area contributed by atoms with Gasteiger partial charge < -0.3 is 44.3 Å². The predicted molar refractivity (Wildman–Crippen MR) is 181 cm³/mol. The SMILES string of the molecule is CCOCCOCCOCCOCCOCC(=O)NC(C(=O)N1C[C@H](O)C[C@H]1C(=O)NCc1ccc(-c2scnc2C)cc1)C(C)(C)C. The van der Waals surface area contributed by atoms with Crippen LogP contribution in [0.25, 0.3) is 10.4 Å². The van der Waals surface area contributed by atoms with Crippen LogP contribution in [0.15, 0.2) is 29.8 Å². The molecule has 0 saturated carbocycles. The van der Waals surface area contributed by atoms with Gasteiger partial charge in [-0.05, 0) is 30.4 Å². The summed E-state index contributed by atoms with van der Waals surface area (Å²) in [6.07, 6.45) is -0.738. The molecule has 2 heterocycles. The molecule has 3 amide bonds. The number of β-amino-alcohol motifs (C(OH)–C–C–N with tert-alkyl or cyclic N) is 1. The van der Waals surface area contributed by atoms with Gasteiger partial charge >= 0.3 is 0 Å². The van der Waals surface area contributed by atoms with E-state index in [4.69, 9.17) is 23.7 Å². The maximum atomic E-state index is 13.8. The van der Waals surface area contributed by atoms with Crippen LogP contribution < -0.4 is 10.6 Å². The van der Waals surface area contributed by atoms with E-state index in [0.717, 1.165) is 21.7 Å². The monoisotopic (exact) mass is 692 g/mol. The van der Waals surface area contributed by atoms with E-state index in [1.165, 1.54) is 4.90 Å². The van der Waals surface area contributed by atoms with Crippen LogP contribution in [0.1, 0.15) is 45.4 Å². The Morgan fingerprint density at radius 1 is 0.958 bits per heavy atom. The molecule has 3 atom stereocenters. The topological polar surface area (TPSA) is 158 Å². The smallest absolute Gasteiger partial charge is 0.246 e. The highest BCUT2D eigenvalue weighted by Gasteiger charge is 2.44. The van der Waals surface area contributed by atoms with Crippen LogP contribution in [0, 0.1) is 12.3 Å². The Morgan fingerprint density at radius 3 is 2.08 bits per heavy atom. The number of aromatic nitrogens is 1. The average molecular weight is 693 g/mol. The van der Waals surface area contributed by atoms with E-state index in [2.05, 4.69) is 15.6 Å². The Labute approximate surface area is 287 Å². The molecule has 1 aliphatic heterocycles. The van der Waals surface area contributed by atoms with Gasteiger partial charge in [0.25, 0.3) is 0 Å². The van der Waals surface area contributed by atoms with Crippen molar-refractivity contribution < 1.29 is 43.2 Å². The molecule has 48 heavy (non-hydrogen) atoms. The molecular formula is C34H52N4O9S. The van der Waals surface area contributed by atoms with Gasteiger partial charge in [-0.3, -0.25) is 14.4 Å². The van der Waals surface area contributed by atoms with Crippen molar-refractivity contribution in [1.29, 1.82) is 0 Å². The van der Waals surface area contributed by atoms with Crippen molar-refractivity contribution in [3.63, 3.8) is 0 Å². The number of rotatable bonds is 21. The number of hydrogen-bond donors (Lipinski definition) is 3. The molecule has 13 nitrogen and oxygen atoms in total. The fourth-order valence-electron chi connectivity index (χ4n) is 5.07. The number of hydrogen-bond acceptors (Lipinski definition) is 11. The summed E-state index contributed by atoms with van der Waals surface area (Å²) in [6.45, 7) is 13.4. The van der Waals surface area contributed by atoms with Crippen molar-refractivity contribution in [3.8, 4) is 10.4 Å². The molecule has 1 aromatic heterocycles. The zero-order valence-electron chi connectivity index (χ0n) is 28.8. The van der Waals surface area contributed by atoms with E-state index < -0.39 is 35.4 Å². The molecule has 0 aliphatic carbocycles. The van der Waals surface area contributed by atoms with E-state index in [9.17, 15) is 19.5 Å². The first-order valence-electron chi connectivity index (χ1n) is 16.4. The third kappa shape index (κ3) is 13.1. The van der Waals surface area contributed by atoms with Crippen molar-refractivity contribution in [2.75, 3.05) is 72.6 Å². The zero-order chi connectivity index (χ0) is 34.9. The summed E-state index contributed by atoms with van der Waals surface area (Å²) in [4.78, 5) is 46.6. The number of thiazole rings is 1. The highest BCUT2D eigenvalue weighted by atomic mass is 32.1. The number of aliphatic hydroxyl groups is 1. The molecule has 14 heteroatoms. The molecule has 0 radical (unpaired) electrons. The van der Waals surface area contributed by atoms with Crippen LogP contribution in [0.4, 0.5) is 0 Å². The molecule has 1 fully saturated rings. The Balaban J connectivity index is 1.40. The third-order valence-corrected chi connectivity index (χ3v) is 8.61. The summed E-state index contributed by atoms with van der Waals surface area (Å²) in [7, 11) is 0. The lowest BCUT2D eigenvalue weighted by atomic mass is 9.85. The van der Waals surface area contributed by atoms with Gasteiger partial charge in [0.15, 0.2) is 0 Å². The number of aryl methyl sites for hydroxylation is 1. The quantitative estimate of drug-likeness (QED) is 0.166. The van der Waals surface area contributed by atoms with E-state index in [1.807, 2.05) is 64.4 Å². The molecule has 1 aromatic carbocycles. The lowest BCUT2D eigenvalue weighted by Gasteiger charge is -2.35. The first-order valence-corrected chi connectivity index (χ1v) is 17.3. The average Bonchev–Trinajstić information content (AvgIpc) is 3.67. The lowest BCUT2D eigenvalue weighted by Crippen LogP contribution is -2.58. The van der Waals surface area contributed by atoms with E-state index >= 15 is 0 Å². The number of amides is 3. The highest BCUT2D eigenvalue weighted by molar-refractivity contribution is 7.13. The number of nitrogens with zero attached hydrogens (tertiary/aromatic N) is 2. The first kappa shape index (κ1) is 39.5. The highest BCUT2D eigenvalue weighted by Crippen LogP contribution is 2.28. The van der Waals surface area contributed by atoms with Gasteiger partial charge in [-0.25, -0.2) is 4.98 Å². The molecule has 1 unspecified atom stereocenters. The normalized spacial score (nSPS) is 17.0. The Kier molecular flexibility index (Phi) is 16.9. The molecule has 1 saturated heterocycles. The maximum absolute atomic E-state index is 13.8. The van der Waals surface area contributed by atoms with Crippen molar-refractivity contribution in [1.82, 2.24) is 20.5 Å². The second-order valence-corrected chi connectivity index (χ2v) is 13.4. The standard InChI is InChI=1S/C34H52N4O9S/c1-6-43-11-12-44-13-14-45-15-16-46-17-18-47-22-29(40)37-31(34(3,4)5)33(42)38-21-27(39)19-28(38)32(41)35-20-25-7-9-26(10-8-25)30-24(2)36-23-48-30/h7-10,23,27-28,31,39H,6,11-22H2,1-5H3,(H,35,41)(H,37,40)/t27-,28+,31?/m1/s1. The van der Waals surface area contributed by atoms with Gasteiger partial charge in [0.1, 0.15) is 18.7 Å². The van der Waals surface area contributed by atoms with Crippen LogP contribution >= 0.6 is 11.3 Å². The maximum Gasteiger partial charge on any atom is 0.246 e. The van der Waals surface area contributed by atoms with Crippen LogP contribution in [0.3, 0.4) is 0 Å². The summed E-state index contributed by atoms with van der Waals surface area (Å²) in [5, 5.41) is 16.1. The van der Waals surface area contributed by atoms with Crippen molar-refractivity contribution in [3.05, 3.63) is 41.0 Å². The van der Waals surface area contributed by atoms with Crippen LogP contribution in [0.2, 0.25) is 0 Å². The Morgan fingerprint density at radius 2 is 1.54 bits per heavy atom. The fourth-order valence-corrected chi connectivity index (χ4v) is 5.88. The predicted octanol–water partition coefficient (Wildman–Crippen LogP) is 2.33. The van der Waals surface area contributed by atoms with Gasteiger partial charge in [0, 0.05) is 26.1 Å². The summed E-state index contributed by atoms with van der Waals surface area (Å²) in [5.41, 5.74) is 4.07. The minimum absolute atomic E-state index is 0.000758. The number of benzene rings is 1. The number of carbonyl (C=O) groups is 3. The van der Waals surface area contributed by atoms with Gasteiger partial charge in [0.05, 0.1) is 75.0 Å². The second-order valence-electron chi connectivity index (χ2n) is 12.5. The third-order valence-electron chi connectivity index (χ3n) is 7.64. The molecule has 0 bridgehead atoms. The minimum Gasteiger partial charge on any atom is -0.391 e. The molecule has 268 valence electrons. The molecule has 0 spiro atoms. The van der Waals surface area contributed by atoms with Crippen LogP contribution in [-0.2, 0) is 44.6 Å². The largest absolute Gasteiger partial charge is 0.391 e. The number of aliphatic hydroxyl groups excluding tert-OH is 1. The number of likely N-dealkylation sites (tertiary alicyclic amines) is 1. The second kappa shape index (κ2) is 20.5. The molecule has 3 rings (SSSR count). The minimum atomic E-state index is -0.937. The summed E-state index contributed by atoms with van der Waals surface area (Å²) >= 11 is 1.58. The fraction of sp³-hybridized carbons (Fsp3) is 0.647. The first-order chi connectivity index (χ1) is 23.0. The van der Waals surface area contributed by atoms with Crippen LogP contribution in [0.5, 0.6) is 0 Å². The number of carbonyl (C=O) groups excluding carboxylic acids is 3. The van der Waals surface area contributed by atoms with Crippen molar-refractivity contribution in [2.24, 2.45) is 5.41 Å². The summed E-state index contributed by atoms with van der Waals surface area (Å²) in [6, 6.07) is 6.07. The number of nitrogens with one attached hydrogen (secondary N) is 2. The van der Waals surface area contributed by atoms with Gasteiger partial charge in [-0.2, -0.15) is 0 Å². The van der Waals surface area contributed by atoms with E-state index in [-0.39, 0.29) is 45.2 Å². The Hall–Kier alpha value is -2.98. The van der Waals surface area contributed by atoms with E-state index in [1.54, 1.807) is 11.3 Å². The van der Waals surface area contributed by atoms with Gasteiger partial charge in [0.2, 0.25) is 17.7 Å². The molecule has 2 aromatic rings. The van der Waals surface area contributed by atoms with Gasteiger partial charge in [-0.1, -0.05) is 45.0 Å². The van der Waals surface area contributed by atoms with Crippen molar-refractivity contribution >= 4 is 29.1 Å². The van der Waals surface area contributed by atoms with E-state index in [0.29, 0.717) is 46.2 Å². The molecule has 3 N–H and O–H groups in total. The zero-order valence-corrected chi connectivity index (χ0v) is 29.6.